The van der Waals surface area contributed by atoms with E-state index in [-0.39, 0.29) is 33.0 Å². The van der Waals surface area contributed by atoms with Gasteiger partial charge < -0.3 is 10.2 Å². The highest BCUT2D eigenvalue weighted by Crippen LogP contribution is 2.42. The molecule has 5 heterocycles. The number of hydrogen-bond donors (Lipinski definition) is 2. The van der Waals surface area contributed by atoms with Crippen LogP contribution in [0.15, 0.2) is 78.0 Å². The van der Waals surface area contributed by atoms with Gasteiger partial charge in [0.15, 0.2) is 5.03 Å². The molecule has 2 aliphatic heterocycles. The molecule has 10 heteroatoms. The number of hydrogen-bond acceptors (Lipinski definition) is 8. The Labute approximate surface area is 303 Å². The van der Waals surface area contributed by atoms with Crippen molar-refractivity contribution in [3.05, 3.63) is 107 Å². The van der Waals surface area contributed by atoms with Crippen LogP contribution >= 0.6 is 0 Å². The lowest BCUT2D eigenvalue weighted by Gasteiger charge is -2.35. The van der Waals surface area contributed by atoms with E-state index >= 15 is 0 Å². The minimum atomic E-state index is -4.34. The first-order valence-corrected chi connectivity index (χ1v) is 19.5. The molecule has 6 rings (SSSR count). The van der Waals surface area contributed by atoms with Gasteiger partial charge >= 0.3 is 0 Å². The van der Waals surface area contributed by atoms with Crippen LogP contribution in [0.2, 0.25) is 0 Å². The van der Waals surface area contributed by atoms with Gasteiger partial charge in [0, 0.05) is 23.7 Å². The van der Waals surface area contributed by atoms with Crippen molar-refractivity contribution in [2.24, 2.45) is 5.92 Å². The zero-order valence-corrected chi connectivity index (χ0v) is 32.1. The highest BCUT2D eigenvalue weighted by atomic mass is 32.2. The van der Waals surface area contributed by atoms with Crippen molar-refractivity contribution < 1.29 is 13.2 Å². The summed E-state index contributed by atoms with van der Waals surface area (Å²) in [5.41, 5.74) is 4.63. The molecule has 1 saturated heterocycles. The summed E-state index contributed by atoms with van der Waals surface area (Å²) in [6.45, 7) is 18.0. The predicted molar refractivity (Wildman–Crippen MR) is 204 cm³/mol. The van der Waals surface area contributed by atoms with Crippen LogP contribution in [0.25, 0.3) is 0 Å². The average Bonchev–Trinajstić information content (AvgIpc) is 3.38. The second-order valence-electron chi connectivity index (χ2n) is 16.9. The molecule has 1 aromatic carbocycles. The van der Waals surface area contributed by atoms with E-state index in [0.29, 0.717) is 30.5 Å². The van der Waals surface area contributed by atoms with Gasteiger partial charge in [-0.25, -0.2) is 14.7 Å². The fraction of sp³-hybridized carbons (Fsp3) is 0.463. The Bertz CT molecular complexity index is 2020. The standard InChI is InChI=1S/C41H52N6O3S/c1-39(2,3)30-21-22-42-33(24-30)32-20-18-28-25-41(7,8)47(26-28)37-31(38(48)46-51(49,50)35-16-12-15-34(43-32)44-35)23-29(36(45-37)40(4,5)6)19-17-27-13-10-9-11-14-27/h9-16,21-24,28,32H,17-20,25-26H2,1-8H3,(H,43,44)(H,46,48)/t28-,32?/m0/s1. The molecule has 1 unspecified atom stereocenters. The topological polar surface area (TPSA) is 117 Å². The Morgan fingerprint density at radius 3 is 2.33 bits per heavy atom. The molecule has 9 nitrogen and oxygen atoms in total. The van der Waals surface area contributed by atoms with Gasteiger partial charge in [0.25, 0.3) is 15.9 Å². The Morgan fingerprint density at radius 1 is 0.882 bits per heavy atom. The van der Waals surface area contributed by atoms with Crippen LogP contribution in [0.4, 0.5) is 11.6 Å². The van der Waals surface area contributed by atoms with E-state index in [1.807, 2.05) is 36.5 Å². The van der Waals surface area contributed by atoms with Crippen LogP contribution in [0.5, 0.6) is 0 Å². The van der Waals surface area contributed by atoms with Crippen molar-refractivity contribution in [1.82, 2.24) is 19.7 Å². The molecule has 0 aliphatic carbocycles. The van der Waals surface area contributed by atoms with E-state index < -0.39 is 15.9 Å². The van der Waals surface area contributed by atoms with E-state index in [1.165, 1.54) is 17.2 Å². The SMILES string of the molecule is CC(C)(C)c1ccnc(C2CC[C@@H]3CN(c4nc(C(C)(C)C)c(CCc5ccccc5)cc4C(=O)NS(=O)(=O)c4cccc(n4)N2)C(C)(C)C3)c1. The van der Waals surface area contributed by atoms with Crippen LogP contribution < -0.4 is 14.9 Å². The van der Waals surface area contributed by atoms with Gasteiger partial charge in [-0.05, 0) is 104 Å². The molecule has 3 aromatic heterocycles. The third kappa shape index (κ3) is 8.11. The van der Waals surface area contributed by atoms with E-state index in [0.717, 1.165) is 42.6 Å². The van der Waals surface area contributed by atoms with E-state index in [4.69, 9.17) is 9.97 Å². The minimum Gasteiger partial charge on any atom is -0.362 e. The van der Waals surface area contributed by atoms with Crippen LogP contribution in [-0.2, 0) is 33.7 Å². The third-order valence-corrected chi connectivity index (χ3v) is 11.4. The first kappa shape index (κ1) is 36.5. The molecule has 0 radical (unpaired) electrons. The van der Waals surface area contributed by atoms with Crippen LogP contribution in [0.1, 0.15) is 119 Å². The molecule has 1 fully saturated rings. The molecule has 0 saturated carbocycles. The number of anilines is 2. The predicted octanol–water partition coefficient (Wildman–Crippen LogP) is 7.92. The van der Waals surface area contributed by atoms with Gasteiger partial charge in [0.2, 0.25) is 0 Å². The first-order chi connectivity index (χ1) is 23.9. The zero-order chi connectivity index (χ0) is 36.8. The van der Waals surface area contributed by atoms with Crippen LogP contribution in [0, 0.1) is 5.92 Å². The number of fused-ring (bicyclic) bond motifs is 6. The molecule has 2 aliphatic rings. The number of aromatic nitrogens is 3. The summed E-state index contributed by atoms with van der Waals surface area (Å²) < 4.78 is 30.1. The van der Waals surface area contributed by atoms with Crippen LogP contribution in [-0.4, -0.2) is 41.4 Å². The zero-order valence-electron chi connectivity index (χ0n) is 31.2. The van der Waals surface area contributed by atoms with Gasteiger partial charge in [0.05, 0.1) is 23.0 Å². The second-order valence-corrected chi connectivity index (χ2v) is 18.5. The Hall–Kier alpha value is -4.31. The maximum absolute atomic E-state index is 14.3. The van der Waals surface area contributed by atoms with Crippen molar-refractivity contribution in [3.8, 4) is 0 Å². The summed E-state index contributed by atoms with van der Waals surface area (Å²) >= 11 is 0. The smallest absolute Gasteiger partial charge is 0.281 e. The van der Waals surface area contributed by atoms with Gasteiger partial charge in [-0.1, -0.05) is 77.9 Å². The maximum Gasteiger partial charge on any atom is 0.281 e. The summed E-state index contributed by atoms with van der Waals surface area (Å²) in [4.78, 5) is 31.1. The molecule has 270 valence electrons. The number of benzene rings is 1. The number of sulfonamides is 1. The van der Waals surface area contributed by atoms with E-state index in [9.17, 15) is 13.2 Å². The highest BCUT2D eigenvalue weighted by molar-refractivity contribution is 7.90. The van der Waals surface area contributed by atoms with Gasteiger partial charge in [-0.15, -0.1) is 0 Å². The Kier molecular flexibility index (Phi) is 9.78. The average molecular weight is 709 g/mol. The Morgan fingerprint density at radius 2 is 1.63 bits per heavy atom. The normalized spacial score (nSPS) is 20.4. The lowest BCUT2D eigenvalue weighted by atomic mass is 9.85. The summed E-state index contributed by atoms with van der Waals surface area (Å²) in [5.74, 6) is 0.516. The Balaban J connectivity index is 1.46. The third-order valence-electron chi connectivity index (χ3n) is 10.2. The highest BCUT2D eigenvalue weighted by Gasteiger charge is 2.42. The number of nitrogens with zero attached hydrogens (tertiary/aromatic N) is 4. The maximum atomic E-state index is 14.3. The summed E-state index contributed by atoms with van der Waals surface area (Å²) in [6, 6.07) is 20.9. The molecule has 2 N–H and O–H groups in total. The fourth-order valence-corrected chi connectivity index (χ4v) is 8.42. The fourth-order valence-electron chi connectivity index (χ4n) is 7.49. The number of nitrogens with one attached hydrogen (secondary N) is 2. The van der Waals surface area contributed by atoms with Crippen molar-refractivity contribution in [1.29, 1.82) is 0 Å². The summed E-state index contributed by atoms with van der Waals surface area (Å²) in [6.07, 6.45) is 5.81. The molecule has 0 spiro atoms. The van der Waals surface area contributed by atoms with Crippen LogP contribution in [0.3, 0.4) is 0 Å². The number of carbonyl (C=O) groups excluding carboxylic acids is 1. The van der Waals surface area contributed by atoms with Crippen molar-refractivity contribution in [2.75, 3.05) is 16.8 Å². The van der Waals surface area contributed by atoms with Crippen molar-refractivity contribution in [2.45, 2.75) is 115 Å². The van der Waals surface area contributed by atoms with Gasteiger partial charge in [0.1, 0.15) is 11.6 Å². The molecule has 4 bridgehead atoms. The monoisotopic (exact) mass is 708 g/mol. The molecular formula is C41H52N6O3S. The number of rotatable bonds is 4. The molecule has 51 heavy (non-hydrogen) atoms. The lowest BCUT2D eigenvalue weighted by Crippen LogP contribution is -2.41. The largest absolute Gasteiger partial charge is 0.362 e. The number of amides is 1. The quantitative estimate of drug-likeness (QED) is 0.220. The second kappa shape index (κ2) is 13.7. The summed E-state index contributed by atoms with van der Waals surface area (Å²) in [7, 11) is -4.34. The number of carbonyl (C=O) groups is 1. The first-order valence-electron chi connectivity index (χ1n) is 18.0. The van der Waals surface area contributed by atoms with Crippen molar-refractivity contribution >= 4 is 27.6 Å². The van der Waals surface area contributed by atoms with Gasteiger partial charge in [-0.3, -0.25) is 9.78 Å². The summed E-state index contributed by atoms with van der Waals surface area (Å²) in [5, 5.41) is 3.27. The van der Waals surface area contributed by atoms with E-state index in [1.54, 1.807) is 12.1 Å². The van der Waals surface area contributed by atoms with Crippen molar-refractivity contribution in [3.63, 3.8) is 0 Å². The molecule has 1 amide bonds. The lowest BCUT2D eigenvalue weighted by molar-refractivity contribution is 0.0981. The van der Waals surface area contributed by atoms with E-state index in [2.05, 4.69) is 93.5 Å². The van der Waals surface area contributed by atoms with Gasteiger partial charge in [-0.2, -0.15) is 8.42 Å². The number of aryl methyl sites for hydroxylation is 2. The minimum absolute atomic E-state index is 0.0639. The molecule has 2 atom stereocenters. The molecule has 4 aromatic rings. The number of pyridine rings is 3. The molecular weight excluding hydrogens is 657 g/mol.